The minimum Gasteiger partial charge on any atom is -0.295 e. The summed E-state index contributed by atoms with van der Waals surface area (Å²) in [4.78, 5) is 10.8. The molecule has 2 aromatic carbocycles. The Balaban J connectivity index is 0.000000147. The van der Waals surface area contributed by atoms with E-state index in [1.165, 1.54) is 36.0 Å². The van der Waals surface area contributed by atoms with Crippen LogP contribution in [0.2, 0.25) is 5.02 Å². The summed E-state index contributed by atoms with van der Waals surface area (Å²) in [5.41, 5.74) is 4.91. The van der Waals surface area contributed by atoms with Gasteiger partial charge in [-0.3, -0.25) is 4.79 Å². The van der Waals surface area contributed by atoms with Crippen LogP contribution in [0.1, 0.15) is 40.4 Å². The lowest BCUT2D eigenvalue weighted by Crippen LogP contribution is -1.90. The molecule has 2 aromatic rings. The standard InChI is InChI=1S/C9H9Cl.C9H10O/c10-9-5-4-7-2-1-3-8(7)6-9;1-7-3-5-9(6-4-7)8(2)10/h4-6H,1-3H2;3-6H,1-2H3. The highest BCUT2D eigenvalue weighted by Gasteiger charge is 2.09. The number of fused-ring (bicyclic) bond motifs is 1. The number of aryl methyl sites for hydroxylation is 3. The van der Waals surface area contributed by atoms with E-state index in [0.717, 1.165) is 10.6 Å². The normalized spacial score (nSPS) is 12.3. The molecule has 0 radical (unpaired) electrons. The Morgan fingerprint density at radius 3 is 2.30 bits per heavy atom. The average molecular weight is 287 g/mol. The van der Waals surface area contributed by atoms with E-state index in [-0.39, 0.29) is 5.78 Å². The van der Waals surface area contributed by atoms with Crippen molar-refractivity contribution in [1.29, 1.82) is 0 Å². The Morgan fingerprint density at radius 2 is 1.65 bits per heavy atom. The number of rotatable bonds is 1. The highest BCUT2D eigenvalue weighted by Crippen LogP contribution is 2.24. The van der Waals surface area contributed by atoms with Crippen LogP contribution < -0.4 is 0 Å². The van der Waals surface area contributed by atoms with Gasteiger partial charge in [0.05, 0.1) is 0 Å². The number of Topliss-reactive ketones (excluding diaryl/α,β-unsaturated/α-hetero) is 1. The van der Waals surface area contributed by atoms with Crippen molar-refractivity contribution in [3.05, 3.63) is 69.7 Å². The number of hydrogen-bond donors (Lipinski definition) is 0. The molecule has 0 atom stereocenters. The number of hydrogen-bond acceptors (Lipinski definition) is 1. The van der Waals surface area contributed by atoms with E-state index in [1.807, 2.05) is 37.3 Å². The van der Waals surface area contributed by atoms with Crippen molar-refractivity contribution >= 4 is 17.4 Å². The van der Waals surface area contributed by atoms with Crippen LogP contribution in [-0.2, 0) is 12.8 Å². The number of ketones is 1. The maximum Gasteiger partial charge on any atom is 0.159 e. The summed E-state index contributed by atoms with van der Waals surface area (Å²) in [5.74, 6) is 0.125. The molecule has 1 aliphatic rings. The average Bonchev–Trinajstić information content (AvgIpc) is 2.87. The molecule has 0 saturated carbocycles. The van der Waals surface area contributed by atoms with Crippen LogP contribution in [0, 0.1) is 6.92 Å². The predicted molar refractivity (Wildman–Crippen MR) is 84.7 cm³/mol. The second-order valence-corrected chi connectivity index (χ2v) is 5.63. The highest BCUT2D eigenvalue weighted by atomic mass is 35.5. The fourth-order valence-corrected chi connectivity index (χ4v) is 2.52. The van der Waals surface area contributed by atoms with Crippen LogP contribution in [-0.4, -0.2) is 5.78 Å². The van der Waals surface area contributed by atoms with Crippen molar-refractivity contribution in [2.75, 3.05) is 0 Å². The summed E-state index contributed by atoms with van der Waals surface area (Å²) in [6.07, 6.45) is 3.76. The summed E-state index contributed by atoms with van der Waals surface area (Å²) >= 11 is 5.82. The van der Waals surface area contributed by atoms with Crippen LogP contribution in [0.3, 0.4) is 0 Å². The van der Waals surface area contributed by atoms with E-state index in [1.54, 1.807) is 6.92 Å². The van der Waals surface area contributed by atoms with Gasteiger partial charge in [-0.15, -0.1) is 0 Å². The molecule has 2 heteroatoms. The van der Waals surface area contributed by atoms with E-state index >= 15 is 0 Å². The largest absolute Gasteiger partial charge is 0.295 e. The maximum atomic E-state index is 10.8. The van der Waals surface area contributed by atoms with Crippen molar-refractivity contribution in [2.45, 2.75) is 33.1 Å². The van der Waals surface area contributed by atoms with Gasteiger partial charge in [-0.25, -0.2) is 0 Å². The second kappa shape index (κ2) is 6.71. The lowest BCUT2D eigenvalue weighted by molar-refractivity contribution is 0.101. The monoisotopic (exact) mass is 286 g/mol. The third kappa shape index (κ3) is 3.94. The van der Waals surface area contributed by atoms with Crippen molar-refractivity contribution in [3.63, 3.8) is 0 Å². The molecule has 1 aliphatic carbocycles. The summed E-state index contributed by atoms with van der Waals surface area (Å²) in [6.45, 7) is 3.58. The molecule has 0 N–H and O–H groups in total. The van der Waals surface area contributed by atoms with Gasteiger partial charge in [0.2, 0.25) is 0 Å². The smallest absolute Gasteiger partial charge is 0.159 e. The second-order valence-electron chi connectivity index (χ2n) is 5.19. The summed E-state index contributed by atoms with van der Waals surface area (Å²) in [5, 5.41) is 0.876. The third-order valence-corrected chi connectivity index (χ3v) is 3.75. The van der Waals surface area contributed by atoms with E-state index < -0.39 is 0 Å². The molecule has 0 aromatic heterocycles. The first-order valence-corrected chi connectivity index (χ1v) is 7.29. The molecule has 0 unspecified atom stereocenters. The molecular weight excluding hydrogens is 268 g/mol. The van der Waals surface area contributed by atoms with Crippen molar-refractivity contribution in [2.24, 2.45) is 0 Å². The first-order chi connectivity index (χ1) is 9.56. The van der Waals surface area contributed by atoms with Crippen LogP contribution in [0.4, 0.5) is 0 Å². The molecule has 104 valence electrons. The Hall–Kier alpha value is -1.60. The fraction of sp³-hybridized carbons (Fsp3) is 0.278. The number of benzene rings is 2. The first-order valence-electron chi connectivity index (χ1n) is 6.91. The molecule has 1 nitrogen and oxygen atoms in total. The van der Waals surface area contributed by atoms with Gasteiger partial charge in [0.1, 0.15) is 0 Å². The van der Waals surface area contributed by atoms with Gasteiger partial charge >= 0.3 is 0 Å². The van der Waals surface area contributed by atoms with Gasteiger partial charge in [-0.2, -0.15) is 0 Å². The van der Waals surface area contributed by atoms with E-state index in [2.05, 4.69) is 12.1 Å². The van der Waals surface area contributed by atoms with Crippen LogP contribution >= 0.6 is 11.6 Å². The minimum atomic E-state index is 0.125. The lowest BCUT2D eigenvalue weighted by Gasteiger charge is -1.96. The molecule has 0 bridgehead atoms. The minimum absolute atomic E-state index is 0.125. The number of carbonyl (C=O) groups is 1. The Labute approximate surface area is 125 Å². The lowest BCUT2D eigenvalue weighted by atomic mass is 10.1. The van der Waals surface area contributed by atoms with Crippen molar-refractivity contribution in [1.82, 2.24) is 0 Å². The van der Waals surface area contributed by atoms with E-state index in [0.29, 0.717) is 0 Å². The number of carbonyl (C=O) groups excluding carboxylic acids is 1. The Bertz CT molecular complexity index is 599. The molecule has 0 spiro atoms. The van der Waals surface area contributed by atoms with Gasteiger partial charge < -0.3 is 0 Å². The molecule has 0 saturated heterocycles. The first kappa shape index (κ1) is 14.8. The molecule has 0 heterocycles. The van der Waals surface area contributed by atoms with Gasteiger partial charge in [0.15, 0.2) is 5.78 Å². The van der Waals surface area contributed by atoms with E-state index in [9.17, 15) is 4.79 Å². The summed E-state index contributed by atoms with van der Waals surface area (Å²) in [7, 11) is 0. The van der Waals surface area contributed by atoms with Gasteiger partial charge in [0.25, 0.3) is 0 Å². The Morgan fingerprint density at radius 1 is 1.00 bits per heavy atom. The Kier molecular flexibility index (Phi) is 4.97. The van der Waals surface area contributed by atoms with Crippen LogP contribution in [0.25, 0.3) is 0 Å². The molecule has 20 heavy (non-hydrogen) atoms. The zero-order chi connectivity index (χ0) is 14.5. The third-order valence-electron chi connectivity index (χ3n) is 3.52. The topological polar surface area (TPSA) is 17.1 Å². The summed E-state index contributed by atoms with van der Waals surface area (Å²) < 4.78 is 0. The summed E-state index contributed by atoms with van der Waals surface area (Å²) in [6, 6.07) is 13.8. The molecular formula is C18H19ClO. The van der Waals surface area contributed by atoms with E-state index in [4.69, 9.17) is 11.6 Å². The SMILES string of the molecule is CC(=O)c1ccc(C)cc1.Clc1ccc2c(c1)CCC2. The van der Waals surface area contributed by atoms with Crippen molar-refractivity contribution < 1.29 is 4.79 Å². The maximum absolute atomic E-state index is 10.8. The van der Waals surface area contributed by atoms with Gasteiger partial charge in [-0.05, 0) is 56.4 Å². The zero-order valence-corrected chi connectivity index (χ0v) is 12.7. The quantitative estimate of drug-likeness (QED) is 0.672. The van der Waals surface area contributed by atoms with Crippen molar-refractivity contribution in [3.8, 4) is 0 Å². The fourth-order valence-electron chi connectivity index (χ4n) is 2.33. The van der Waals surface area contributed by atoms with Gasteiger partial charge in [0, 0.05) is 10.6 Å². The highest BCUT2D eigenvalue weighted by molar-refractivity contribution is 6.30. The van der Waals surface area contributed by atoms with Gasteiger partial charge in [-0.1, -0.05) is 47.5 Å². The number of halogens is 1. The zero-order valence-electron chi connectivity index (χ0n) is 11.9. The molecule has 0 fully saturated rings. The molecule has 0 aliphatic heterocycles. The van der Waals surface area contributed by atoms with Crippen LogP contribution in [0.5, 0.6) is 0 Å². The predicted octanol–water partition coefficient (Wildman–Crippen LogP) is 5.03. The van der Waals surface area contributed by atoms with Crippen LogP contribution in [0.15, 0.2) is 42.5 Å². The molecule has 3 rings (SSSR count). The molecule has 0 amide bonds.